The van der Waals surface area contributed by atoms with E-state index in [-0.39, 0.29) is 23.4 Å². The Morgan fingerprint density at radius 1 is 1.22 bits per heavy atom. The molecule has 2 aliphatic carbocycles. The number of nitrogens with zero attached hydrogens (tertiary/aromatic N) is 2. The van der Waals surface area contributed by atoms with Crippen LogP contribution in [0.1, 0.15) is 42.4 Å². The first-order valence-corrected chi connectivity index (χ1v) is 10.6. The summed E-state index contributed by atoms with van der Waals surface area (Å²) in [5, 5.41) is 13.2. The minimum Gasteiger partial charge on any atom is -0.384 e. The molecule has 2 fully saturated rings. The van der Waals surface area contributed by atoms with Gasteiger partial charge in [-0.25, -0.2) is 0 Å². The van der Waals surface area contributed by atoms with Crippen molar-refractivity contribution in [3.8, 4) is 0 Å². The molecule has 0 saturated heterocycles. The predicted molar refractivity (Wildman–Crippen MR) is 123 cm³/mol. The molecule has 1 aromatic carbocycles. The van der Waals surface area contributed by atoms with Crippen molar-refractivity contribution in [2.75, 3.05) is 5.32 Å². The highest BCUT2D eigenvalue weighted by Crippen LogP contribution is 2.32. The Hall–Kier alpha value is -3.66. The number of amidine groups is 1. The highest BCUT2D eigenvalue weighted by Gasteiger charge is 2.32. The van der Waals surface area contributed by atoms with E-state index in [0.717, 1.165) is 48.1 Å². The van der Waals surface area contributed by atoms with Gasteiger partial charge in [0.05, 0.1) is 17.4 Å². The summed E-state index contributed by atoms with van der Waals surface area (Å²) in [5.74, 6) is -1.36. The second-order valence-electron chi connectivity index (χ2n) is 8.46. The van der Waals surface area contributed by atoms with Crippen LogP contribution in [0.15, 0.2) is 35.1 Å². The van der Waals surface area contributed by atoms with Crippen LogP contribution in [-0.2, 0) is 9.59 Å². The predicted octanol–water partition coefficient (Wildman–Crippen LogP) is 1.18. The average Bonchev–Trinajstić information content (AvgIpc) is 3.67. The van der Waals surface area contributed by atoms with E-state index in [9.17, 15) is 9.59 Å². The molecule has 1 heterocycles. The van der Waals surface area contributed by atoms with Crippen LogP contribution in [0.3, 0.4) is 0 Å². The van der Waals surface area contributed by atoms with E-state index in [2.05, 4.69) is 27.2 Å². The molecule has 0 spiro atoms. The van der Waals surface area contributed by atoms with Gasteiger partial charge in [-0.15, -0.1) is 5.12 Å². The van der Waals surface area contributed by atoms with E-state index in [0.29, 0.717) is 11.7 Å². The fourth-order valence-electron chi connectivity index (χ4n) is 3.44. The van der Waals surface area contributed by atoms with E-state index < -0.39 is 11.6 Å². The van der Waals surface area contributed by atoms with E-state index in [4.69, 9.17) is 16.9 Å². The second-order valence-corrected chi connectivity index (χ2v) is 8.46. The van der Waals surface area contributed by atoms with E-state index in [1.54, 1.807) is 0 Å². The molecule has 0 unspecified atom stereocenters. The fourth-order valence-corrected chi connectivity index (χ4v) is 3.44. The first-order valence-electron chi connectivity index (χ1n) is 10.6. The Bertz CT molecular complexity index is 1080. The van der Waals surface area contributed by atoms with Crippen LogP contribution in [0.5, 0.6) is 0 Å². The maximum atomic E-state index is 11.9. The number of carbonyl (C=O) groups excluding carboxylic acids is 2. The number of anilines is 1. The van der Waals surface area contributed by atoms with Crippen molar-refractivity contribution in [1.82, 2.24) is 16.0 Å². The van der Waals surface area contributed by atoms with E-state index in [1.807, 2.05) is 31.2 Å². The molecule has 0 bridgehead atoms. The van der Waals surface area contributed by atoms with Crippen LogP contribution in [-0.4, -0.2) is 34.5 Å². The summed E-state index contributed by atoms with van der Waals surface area (Å²) in [6, 6.07) is 4.45. The number of nitrogens with two attached hydrogens (primary N) is 2. The Morgan fingerprint density at radius 2 is 1.94 bits per heavy atom. The summed E-state index contributed by atoms with van der Waals surface area (Å²) in [4.78, 5) is 27.5. The van der Waals surface area contributed by atoms with Crippen molar-refractivity contribution in [3.63, 3.8) is 0 Å². The number of amides is 2. The van der Waals surface area contributed by atoms with Gasteiger partial charge >= 0.3 is 0 Å². The molecule has 2 saturated carbocycles. The average molecular weight is 437 g/mol. The number of hydrogen-bond acceptors (Lipinski definition) is 7. The van der Waals surface area contributed by atoms with Crippen molar-refractivity contribution in [3.05, 3.63) is 46.8 Å². The number of nitrogens with one attached hydrogen (secondary N) is 4. The number of aliphatic imine (C=N–C) groups is 1. The maximum Gasteiger partial charge on any atom is 0.268 e. The van der Waals surface area contributed by atoms with Crippen LogP contribution < -0.4 is 27.6 Å². The molecule has 1 aromatic rings. The fraction of sp³-hybridized carbons (Fsp3) is 0.364. The third-order valence-electron chi connectivity index (χ3n) is 5.59. The summed E-state index contributed by atoms with van der Waals surface area (Å²) in [6.07, 6.45) is 7.14. The number of hydrogen-bond donors (Lipinski definition) is 6. The summed E-state index contributed by atoms with van der Waals surface area (Å²) >= 11 is 0. The molecule has 4 rings (SSSR count). The SMILES string of the molecule is Cc1cc(N/C(=C/C(N)=NC(=O)C2CC2)C(=N)C(N)=O)c(C)c(C2=CNN(C3CC3)N2)c1. The van der Waals surface area contributed by atoms with Gasteiger partial charge in [-0.1, -0.05) is 0 Å². The lowest BCUT2D eigenvalue weighted by atomic mass is 10.0. The zero-order valence-corrected chi connectivity index (χ0v) is 18.2. The highest BCUT2D eigenvalue weighted by molar-refractivity contribution is 6.44. The standard InChI is InChI=1S/C22H28N8O2/c1-11-7-15(18-10-26-30(29-18)14-5-6-14)12(2)16(8-11)27-17(20(24)21(25)31)9-19(23)28-22(32)13-3-4-13/h7-10,13-14,24,26-27,29H,3-6H2,1-2H3,(H2,25,31)(H2,23,28,32)/b17-9+,24-20?. The quantitative estimate of drug-likeness (QED) is 0.263. The molecule has 2 amide bonds. The van der Waals surface area contributed by atoms with Crippen LogP contribution in [0.25, 0.3) is 5.70 Å². The molecule has 8 N–H and O–H groups in total. The minimum atomic E-state index is -0.917. The zero-order valence-electron chi connectivity index (χ0n) is 18.2. The van der Waals surface area contributed by atoms with Crippen molar-refractivity contribution >= 4 is 34.7 Å². The van der Waals surface area contributed by atoms with Crippen LogP contribution in [0.2, 0.25) is 0 Å². The third kappa shape index (κ3) is 4.80. The second kappa shape index (κ2) is 8.46. The lowest BCUT2D eigenvalue weighted by Crippen LogP contribution is -2.40. The van der Waals surface area contributed by atoms with E-state index >= 15 is 0 Å². The largest absolute Gasteiger partial charge is 0.384 e. The number of rotatable bonds is 8. The molecule has 1 aliphatic heterocycles. The molecule has 3 aliphatic rings. The Kier molecular flexibility index (Phi) is 5.70. The van der Waals surface area contributed by atoms with Gasteiger partial charge in [0.1, 0.15) is 11.5 Å². The number of benzene rings is 1. The van der Waals surface area contributed by atoms with Gasteiger partial charge < -0.3 is 22.2 Å². The summed E-state index contributed by atoms with van der Waals surface area (Å²) in [7, 11) is 0. The van der Waals surface area contributed by atoms with Gasteiger partial charge in [0.2, 0.25) is 0 Å². The number of primary amides is 1. The van der Waals surface area contributed by atoms with Gasteiger partial charge in [0, 0.05) is 29.4 Å². The van der Waals surface area contributed by atoms with Gasteiger partial charge in [-0.2, -0.15) is 4.99 Å². The molecule has 10 nitrogen and oxygen atoms in total. The molecular weight excluding hydrogens is 408 g/mol. The van der Waals surface area contributed by atoms with Crippen molar-refractivity contribution in [2.45, 2.75) is 45.6 Å². The van der Waals surface area contributed by atoms with Gasteiger partial charge in [0.25, 0.3) is 11.8 Å². The van der Waals surface area contributed by atoms with Crippen molar-refractivity contribution in [1.29, 1.82) is 5.41 Å². The highest BCUT2D eigenvalue weighted by atomic mass is 16.2. The van der Waals surface area contributed by atoms with Crippen LogP contribution in [0.4, 0.5) is 5.69 Å². The van der Waals surface area contributed by atoms with Gasteiger partial charge in [0.15, 0.2) is 0 Å². The molecule has 0 radical (unpaired) electrons. The summed E-state index contributed by atoms with van der Waals surface area (Å²) in [5.41, 5.74) is 22.0. The number of carbonyl (C=O) groups is 2. The smallest absolute Gasteiger partial charge is 0.268 e. The van der Waals surface area contributed by atoms with Gasteiger partial charge in [-0.3, -0.25) is 20.4 Å². The molecular formula is C22H28N8O2. The van der Waals surface area contributed by atoms with E-state index in [1.165, 1.54) is 6.08 Å². The minimum absolute atomic E-state index is 0.0769. The monoisotopic (exact) mass is 436 g/mol. The molecule has 0 atom stereocenters. The topological polar surface area (TPSA) is 162 Å². The number of hydrazine groups is 2. The maximum absolute atomic E-state index is 11.9. The lowest BCUT2D eigenvalue weighted by Gasteiger charge is -2.20. The molecule has 168 valence electrons. The molecule has 32 heavy (non-hydrogen) atoms. The summed E-state index contributed by atoms with van der Waals surface area (Å²) in [6.45, 7) is 3.90. The molecule has 10 heteroatoms. The van der Waals surface area contributed by atoms with Crippen LogP contribution >= 0.6 is 0 Å². The Morgan fingerprint density at radius 3 is 2.56 bits per heavy atom. The first-order chi connectivity index (χ1) is 15.2. The summed E-state index contributed by atoms with van der Waals surface area (Å²) < 4.78 is 0. The molecule has 0 aromatic heterocycles. The Balaban J connectivity index is 1.62. The number of aryl methyl sites for hydroxylation is 1. The van der Waals surface area contributed by atoms with Gasteiger partial charge in [-0.05, 0) is 62.8 Å². The zero-order chi connectivity index (χ0) is 23.0. The lowest BCUT2D eigenvalue weighted by molar-refractivity contribution is -0.119. The normalized spacial score (nSPS) is 19.1. The third-order valence-corrected chi connectivity index (χ3v) is 5.59. The van der Waals surface area contributed by atoms with Crippen molar-refractivity contribution < 1.29 is 9.59 Å². The Labute approximate surface area is 186 Å². The van der Waals surface area contributed by atoms with Crippen molar-refractivity contribution in [2.24, 2.45) is 22.4 Å². The van der Waals surface area contributed by atoms with Crippen LogP contribution in [0, 0.1) is 25.2 Å². The first kappa shape index (κ1) is 21.6.